The second kappa shape index (κ2) is 5.96. The minimum atomic E-state index is -0.706. The molecule has 1 unspecified atom stereocenters. The molecule has 3 N–H and O–H groups in total. The van der Waals surface area contributed by atoms with E-state index in [1.807, 2.05) is 0 Å². The predicted octanol–water partition coefficient (Wildman–Crippen LogP) is 0.526. The van der Waals surface area contributed by atoms with E-state index in [4.69, 9.17) is 4.74 Å². The van der Waals surface area contributed by atoms with Crippen LogP contribution in [0.3, 0.4) is 0 Å². The molecule has 0 bridgehead atoms. The molecule has 0 spiro atoms. The number of hydrogen-bond acceptors (Lipinski definition) is 4. The van der Waals surface area contributed by atoms with E-state index in [9.17, 15) is 10.2 Å². The van der Waals surface area contributed by atoms with Gasteiger partial charge in [-0.2, -0.15) is 0 Å². The van der Waals surface area contributed by atoms with Gasteiger partial charge in [0.15, 0.2) is 0 Å². The number of rotatable bonds is 7. The molecular weight excluding hydrogens is 206 g/mol. The number of aliphatic hydroxyl groups excluding tert-OH is 1. The maximum Gasteiger partial charge on any atom is 0.102 e. The van der Waals surface area contributed by atoms with E-state index in [0.717, 1.165) is 19.4 Å². The molecule has 0 radical (unpaired) electrons. The van der Waals surface area contributed by atoms with E-state index in [0.29, 0.717) is 26.2 Å². The number of hydrogen-bond donors (Lipinski definition) is 3. The van der Waals surface area contributed by atoms with Crippen LogP contribution < -0.4 is 5.32 Å². The van der Waals surface area contributed by atoms with Gasteiger partial charge in [0.05, 0.1) is 6.61 Å². The third-order valence-electron chi connectivity index (χ3n) is 3.87. The van der Waals surface area contributed by atoms with Crippen LogP contribution in [0.2, 0.25) is 0 Å². The Kier molecular flexibility index (Phi) is 5.18. The lowest BCUT2D eigenvalue weighted by atomic mass is 9.83. The van der Waals surface area contributed by atoms with E-state index in [-0.39, 0.29) is 12.0 Å². The van der Waals surface area contributed by atoms with E-state index < -0.39 is 5.60 Å². The minimum Gasteiger partial charge on any atom is -0.396 e. The first-order valence-electron chi connectivity index (χ1n) is 6.21. The van der Waals surface area contributed by atoms with E-state index in [2.05, 4.69) is 19.2 Å². The fourth-order valence-corrected chi connectivity index (χ4v) is 2.08. The highest BCUT2D eigenvalue weighted by atomic mass is 16.5. The zero-order valence-corrected chi connectivity index (χ0v) is 10.5. The standard InChI is InChI=1S/C12H25NO3/c1-3-11(4-2,9-14)7-13-8-12(15)5-6-16-10-12/h13-15H,3-10H2,1-2H3. The van der Waals surface area contributed by atoms with Crippen molar-refractivity contribution in [3.8, 4) is 0 Å². The van der Waals surface area contributed by atoms with Gasteiger partial charge in [-0.05, 0) is 12.8 Å². The van der Waals surface area contributed by atoms with Gasteiger partial charge in [0.2, 0.25) is 0 Å². The molecule has 0 aliphatic carbocycles. The van der Waals surface area contributed by atoms with Crippen LogP contribution in [-0.2, 0) is 4.74 Å². The summed E-state index contributed by atoms with van der Waals surface area (Å²) in [7, 11) is 0. The van der Waals surface area contributed by atoms with Crippen molar-refractivity contribution in [2.75, 3.05) is 32.9 Å². The minimum absolute atomic E-state index is 0.0458. The van der Waals surface area contributed by atoms with Gasteiger partial charge in [0.25, 0.3) is 0 Å². The van der Waals surface area contributed by atoms with Gasteiger partial charge in [0, 0.05) is 38.1 Å². The summed E-state index contributed by atoms with van der Waals surface area (Å²) in [5.41, 5.74) is -0.751. The molecule has 0 saturated carbocycles. The highest BCUT2D eigenvalue weighted by molar-refractivity contribution is 4.87. The van der Waals surface area contributed by atoms with Crippen LogP contribution in [0.1, 0.15) is 33.1 Å². The molecule has 1 aliphatic rings. The maximum absolute atomic E-state index is 10.1. The zero-order chi connectivity index (χ0) is 12.1. The van der Waals surface area contributed by atoms with Crippen molar-refractivity contribution in [2.24, 2.45) is 5.41 Å². The topological polar surface area (TPSA) is 61.7 Å². The van der Waals surface area contributed by atoms with Crippen molar-refractivity contribution in [3.63, 3.8) is 0 Å². The lowest BCUT2D eigenvalue weighted by Crippen LogP contribution is -2.45. The normalized spacial score (nSPS) is 26.2. The first kappa shape index (κ1) is 13.9. The Morgan fingerprint density at radius 1 is 1.38 bits per heavy atom. The SMILES string of the molecule is CCC(CC)(CO)CNCC1(O)CCOC1. The van der Waals surface area contributed by atoms with Crippen LogP contribution in [0.15, 0.2) is 0 Å². The number of aliphatic hydroxyl groups is 2. The first-order chi connectivity index (χ1) is 7.60. The Bertz CT molecular complexity index is 190. The molecule has 0 aromatic heterocycles. The summed E-state index contributed by atoms with van der Waals surface area (Å²) in [6.45, 7) is 6.74. The lowest BCUT2D eigenvalue weighted by molar-refractivity contribution is 0.0216. The van der Waals surface area contributed by atoms with Crippen molar-refractivity contribution in [3.05, 3.63) is 0 Å². The zero-order valence-electron chi connectivity index (χ0n) is 10.5. The van der Waals surface area contributed by atoms with Crippen molar-refractivity contribution in [1.82, 2.24) is 5.32 Å². The predicted molar refractivity (Wildman–Crippen MR) is 63.4 cm³/mol. The van der Waals surface area contributed by atoms with Crippen LogP contribution in [0.4, 0.5) is 0 Å². The van der Waals surface area contributed by atoms with Crippen molar-refractivity contribution in [2.45, 2.75) is 38.7 Å². The van der Waals surface area contributed by atoms with E-state index in [1.54, 1.807) is 0 Å². The molecule has 4 nitrogen and oxygen atoms in total. The highest BCUT2D eigenvalue weighted by Gasteiger charge is 2.33. The molecule has 1 saturated heterocycles. The Hall–Kier alpha value is -0.160. The lowest BCUT2D eigenvalue weighted by Gasteiger charge is -2.31. The number of ether oxygens (including phenoxy) is 1. The maximum atomic E-state index is 10.1. The van der Waals surface area contributed by atoms with Gasteiger partial charge < -0.3 is 20.3 Å². The summed E-state index contributed by atoms with van der Waals surface area (Å²) in [5.74, 6) is 0. The van der Waals surface area contributed by atoms with Gasteiger partial charge in [-0.25, -0.2) is 0 Å². The van der Waals surface area contributed by atoms with Gasteiger partial charge in [0.1, 0.15) is 5.60 Å². The van der Waals surface area contributed by atoms with Gasteiger partial charge >= 0.3 is 0 Å². The van der Waals surface area contributed by atoms with E-state index in [1.165, 1.54) is 0 Å². The summed E-state index contributed by atoms with van der Waals surface area (Å²) < 4.78 is 5.18. The average molecular weight is 231 g/mol. The van der Waals surface area contributed by atoms with Crippen LogP contribution >= 0.6 is 0 Å². The molecule has 1 fully saturated rings. The highest BCUT2D eigenvalue weighted by Crippen LogP contribution is 2.25. The Labute approximate surface area is 98.0 Å². The molecule has 4 heteroatoms. The van der Waals surface area contributed by atoms with Gasteiger partial charge in [-0.1, -0.05) is 13.8 Å². The summed E-state index contributed by atoms with van der Waals surface area (Å²) in [4.78, 5) is 0. The van der Waals surface area contributed by atoms with Crippen LogP contribution in [-0.4, -0.2) is 48.7 Å². The quantitative estimate of drug-likeness (QED) is 0.598. The van der Waals surface area contributed by atoms with Gasteiger partial charge in [-0.3, -0.25) is 0 Å². The molecule has 96 valence electrons. The third-order valence-corrected chi connectivity index (χ3v) is 3.87. The Balaban J connectivity index is 2.32. The van der Waals surface area contributed by atoms with Crippen LogP contribution in [0, 0.1) is 5.41 Å². The summed E-state index contributed by atoms with van der Waals surface area (Å²) in [6, 6.07) is 0. The monoisotopic (exact) mass is 231 g/mol. The van der Waals surface area contributed by atoms with Crippen LogP contribution in [0.5, 0.6) is 0 Å². The third kappa shape index (κ3) is 3.42. The molecule has 1 heterocycles. The van der Waals surface area contributed by atoms with Gasteiger partial charge in [-0.15, -0.1) is 0 Å². The molecule has 0 amide bonds. The van der Waals surface area contributed by atoms with Crippen LogP contribution in [0.25, 0.3) is 0 Å². The fraction of sp³-hybridized carbons (Fsp3) is 1.00. The second-order valence-electron chi connectivity index (χ2n) is 5.00. The Morgan fingerprint density at radius 2 is 2.06 bits per heavy atom. The second-order valence-corrected chi connectivity index (χ2v) is 5.00. The summed E-state index contributed by atoms with van der Waals surface area (Å²) >= 11 is 0. The molecule has 16 heavy (non-hydrogen) atoms. The summed E-state index contributed by atoms with van der Waals surface area (Å²) in [6.07, 6.45) is 2.59. The molecule has 1 rings (SSSR count). The average Bonchev–Trinajstić information content (AvgIpc) is 2.73. The van der Waals surface area contributed by atoms with E-state index >= 15 is 0 Å². The number of nitrogens with one attached hydrogen (secondary N) is 1. The summed E-state index contributed by atoms with van der Waals surface area (Å²) in [5, 5.41) is 22.7. The molecular formula is C12H25NO3. The van der Waals surface area contributed by atoms with Crippen molar-refractivity contribution >= 4 is 0 Å². The molecule has 1 atom stereocenters. The molecule has 0 aromatic carbocycles. The van der Waals surface area contributed by atoms with Crippen molar-refractivity contribution < 1.29 is 14.9 Å². The smallest absolute Gasteiger partial charge is 0.102 e. The Morgan fingerprint density at radius 3 is 2.50 bits per heavy atom. The molecule has 0 aromatic rings. The fourth-order valence-electron chi connectivity index (χ4n) is 2.08. The van der Waals surface area contributed by atoms with Crippen molar-refractivity contribution in [1.29, 1.82) is 0 Å². The first-order valence-corrected chi connectivity index (χ1v) is 6.21. The largest absolute Gasteiger partial charge is 0.396 e. The molecule has 1 aliphatic heterocycles.